The molecule has 2 aromatic rings. The predicted molar refractivity (Wildman–Crippen MR) is 87.1 cm³/mol. The van der Waals surface area contributed by atoms with Gasteiger partial charge in [0.2, 0.25) is 0 Å². The SMILES string of the molecule is c1cc(Oc2ccc([C@@H]3CC[C@@H]4CCCCN43)cc2)ccn1. The van der Waals surface area contributed by atoms with Crippen LogP contribution in [0.5, 0.6) is 11.5 Å². The molecular weight excluding hydrogens is 272 g/mol. The third kappa shape index (κ3) is 2.73. The largest absolute Gasteiger partial charge is 0.457 e. The van der Waals surface area contributed by atoms with Gasteiger partial charge in [-0.25, -0.2) is 0 Å². The Hall–Kier alpha value is -1.87. The van der Waals surface area contributed by atoms with E-state index in [-0.39, 0.29) is 0 Å². The Morgan fingerprint density at radius 3 is 2.45 bits per heavy atom. The van der Waals surface area contributed by atoms with Gasteiger partial charge in [-0.1, -0.05) is 18.6 Å². The molecule has 0 aliphatic carbocycles. The second-order valence-electron chi connectivity index (χ2n) is 6.33. The average Bonchev–Trinajstić information content (AvgIpc) is 3.01. The van der Waals surface area contributed by atoms with Gasteiger partial charge in [-0.15, -0.1) is 0 Å². The molecule has 3 heterocycles. The first-order chi connectivity index (χ1) is 10.9. The summed E-state index contributed by atoms with van der Waals surface area (Å²) in [7, 11) is 0. The van der Waals surface area contributed by atoms with E-state index in [1.165, 1.54) is 44.2 Å². The maximum absolute atomic E-state index is 5.85. The number of piperidine rings is 1. The molecule has 0 bridgehead atoms. The summed E-state index contributed by atoms with van der Waals surface area (Å²) in [5.74, 6) is 1.72. The molecule has 0 N–H and O–H groups in total. The van der Waals surface area contributed by atoms with Gasteiger partial charge >= 0.3 is 0 Å². The van der Waals surface area contributed by atoms with Gasteiger partial charge in [0.05, 0.1) is 0 Å². The van der Waals surface area contributed by atoms with E-state index in [2.05, 4.69) is 34.1 Å². The highest BCUT2D eigenvalue weighted by atomic mass is 16.5. The first-order valence-electron chi connectivity index (χ1n) is 8.34. The molecule has 1 aromatic heterocycles. The van der Waals surface area contributed by atoms with Crippen LogP contribution in [0.25, 0.3) is 0 Å². The van der Waals surface area contributed by atoms with Crippen molar-refractivity contribution in [2.75, 3.05) is 6.54 Å². The van der Waals surface area contributed by atoms with E-state index in [0.29, 0.717) is 6.04 Å². The summed E-state index contributed by atoms with van der Waals surface area (Å²) < 4.78 is 5.85. The van der Waals surface area contributed by atoms with Gasteiger partial charge in [-0.3, -0.25) is 9.88 Å². The number of fused-ring (bicyclic) bond motifs is 1. The summed E-state index contributed by atoms with van der Waals surface area (Å²) in [5.41, 5.74) is 1.44. The van der Waals surface area contributed by atoms with Crippen LogP contribution in [0.15, 0.2) is 48.8 Å². The van der Waals surface area contributed by atoms with Crippen molar-refractivity contribution < 1.29 is 4.74 Å². The number of pyridine rings is 1. The van der Waals surface area contributed by atoms with Crippen molar-refractivity contribution in [1.82, 2.24) is 9.88 Å². The van der Waals surface area contributed by atoms with Crippen molar-refractivity contribution in [3.8, 4) is 11.5 Å². The molecular formula is C19H22N2O. The Morgan fingerprint density at radius 2 is 1.64 bits per heavy atom. The van der Waals surface area contributed by atoms with Gasteiger partial charge in [0.15, 0.2) is 0 Å². The Labute approximate surface area is 131 Å². The van der Waals surface area contributed by atoms with Gasteiger partial charge < -0.3 is 4.74 Å². The van der Waals surface area contributed by atoms with Crippen molar-refractivity contribution in [2.24, 2.45) is 0 Å². The van der Waals surface area contributed by atoms with Gasteiger partial charge in [-0.05, 0) is 62.1 Å². The second kappa shape index (κ2) is 6.09. The van der Waals surface area contributed by atoms with E-state index in [9.17, 15) is 0 Å². The van der Waals surface area contributed by atoms with Crippen LogP contribution in [0.2, 0.25) is 0 Å². The molecule has 3 nitrogen and oxygen atoms in total. The topological polar surface area (TPSA) is 25.4 Å². The molecule has 1 aromatic carbocycles. The van der Waals surface area contributed by atoms with E-state index >= 15 is 0 Å². The summed E-state index contributed by atoms with van der Waals surface area (Å²) in [6, 6.07) is 13.8. The monoisotopic (exact) mass is 294 g/mol. The van der Waals surface area contributed by atoms with Crippen LogP contribution in [0.4, 0.5) is 0 Å². The van der Waals surface area contributed by atoms with Crippen LogP contribution in [0.3, 0.4) is 0 Å². The summed E-state index contributed by atoms with van der Waals surface area (Å²) in [6.45, 7) is 1.27. The van der Waals surface area contributed by atoms with E-state index in [1.807, 2.05) is 12.1 Å². The number of aromatic nitrogens is 1. The highest BCUT2D eigenvalue weighted by molar-refractivity contribution is 5.33. The van der Waals surface area contributed by atoms with Gasteiger partial charge in [0.1, 0.15) is 11.5 Å². The highest BCUT2D eigenvalue weighted by Gasteiger charge is 2.35. The highest BCUT2D eigenvalue weighted by Crippen LogP contribution is 2.40. The molecule has 0 amide bonds. The first kappa shape index (κ1) is 13.8. The molecule has 0 unspecified atom stereocenters. The van der Waals surface area contributed by atoms with Gasteiger partial charge in [0, 0.05) is 24.5 Å². The van der Waals surface area contributed by atoms with E-state index in [4.69, 9.17) is 4.74 Å². The van der Waals surface area contributed by atoms with Gasteiger partial charge in [-0.2, -0.15) is 0 Å². The van der Waals surface area contributed by atoms with Crippen LogP contribution in [0.1, 0.15) is 43.7 Å². The standard InChI is InChI=1S/C19H22N2O/c1-2-14-21-16(3-1)6-9-19(21)15-4-7-17(8-5-15)22-18-10-12-20-13-11-18/h4-5,7-8,10-13,16,19H,1-3,6,9,14H2/t16-,19-/m0/s1. The summed E-state index contributed by atoms with van der Waals surface area (Å²) in [4.78, 5) is 6.73. The summed E-state index contributed by atoms with van der Waals surface area (Å²) in [6.07, 6.45) is 10.3. The molecule has 0 saturated carbocycles. The van der Waals surface area contributed by atoms with E-state index in [1.54, 1.807) is 12.4 Å². The fourth-order valence-electron chi connectivity index (χ4n) is 3.92. The van der Waals surface area contributed by atoms with Crippen LogP contribution >= 0.6 is 0 Å². The second-order valence-corrected chi connectivity index (χ2v) is 6.33. The molecule has 0 spiro atoms. The zero-order valence-electron chi connectivity index (χ0n) is 12.8. The maximum Gasteiger partial charge on any atom is 0.130 e. The smallest absolute Gasteiger partial charge is 0.130 e. The lowest BCUT2D eigenvalue weighted by Gasteiger charge is -2.34. The van der Waals surface area contributed by atoms with Gasteiger partial charge in [0.25, 0.3) is 0 Å². The van der Waals surface area contributed by atoms with Crippen LogP contribution < -0.4 is 4.74 Å². The number of ether oxygens (including phenoxy) is 1. The molecule has 114 valence electrons. The predicted octanol–water partition coefficient (Wildman–Crippen LogP) is 4.56. The molecule has 2 atom stereocenters. The van der Waals surface area contributed by atoms with Crippen molar-refractivity contribution in [2.45, 2.75) is 44.2 Å². The maximum atomic E-state index is 5.85. The molecule has 0 radical (unpaired) electrons. The minimum absolute atomic E-state index is 0.611. The Kier molecular flexibility index (Phi) is 3.81. The third-order valence-electron chi connectivity index (χ3n) is 5.00. The molecule has 2 fully saturated rings. The van der Waals surface area contributed by atoms with Crippen molar-refractivity contribution in [1.29, 1.82) is 0 Å². The number of hydrogen-bond acceptors (Lipinski definition) is 3. The lowest BCUT2D eigenvalue weighted by atomic mass is 10.0. The molecule has 4 rings (SSSR count). The lowest BCUT2D eigenvalue weighted by molar-refractivity contribution is 0.150. The van der Waals surface area contributed by atoms with E-state index < -0.39 is 0 Å². The molecule has 2 aliphatic heterocycles. The minimum Gasteiger partial charge on any atom is -0.457 e. The molecule has 2 saturated heterocycles. The Balaban J connectivity index is 1.48. The quantitative estimate of drug-likeness (QED) is 0.829. The Bertz CT molecular complexity index is 611. The number of rotatable bonds is 3. The van der Waals surface area contributed by atoms with Crippen LogP contribution in [0, 0.1) is 0 Å². The van der Waals surface area contributed by atoms with Crippen LogP contribution in [-0.2, 0) is 0 Å². The van der Waals surface area contributed by atoms with E-state index in [0.717, 1.165) is 17.5 Å². The molecule has 2 aliphatic rings. The van der Waals surface area contributed by atoms with Crippen molar-refractivity contribution >= 4 is 0 Å². The summed E-state index contributed by atoms with van der Waals surface area (Å²) >= 11 is 0. The number of benzene rings is 1. The summed E-state index contributed by atoms with van der Waals surface area (Å²) in [5, 5.41) is 0. The fourth-order valence-corrected chi connectivity index (χ4v) is 3.92. The first-order valence-corrected chi connectivity index (χ1v) is 8.34. The number of nitrogens with zero attached hydrogens (tertiary/aromatic N) is 2. The number of hydrogen-bond donors (Lipinski definition) is 0. The van der Waals surface area contributed by atoms with Crippen LogP contribution in [-0.4, -0.2) is 22.5 Å². The minimum atomic E-state index is 0.611. The van der Waals surface area contributed by atoms with Crippen molar-refractivity contribution in [3.63, 3.8) is 0 Å². The Morgan fingerprint density at radius 1 is 0.864 bits per heavy atom. The molecule has 22 heavy (non-hydrogen) atoms. The zero-order valence-corrected chi connectivity index (χ0v) is 12.8. The zero-order chi connectivity index (χ0) is 14.8. The lowest BCUT2D eigenvalue weighted by Crippen LogP contribution is -2.35. The normalized spacial score (nSPS) is 24.9. The average molecular weight is 294 g/mol. The van der Waals surface area contributed by atoms with Crippen molar-refractivity contribution in [3.05, 3.63) is 54.4 Å². The third-order valence-corrected chi connectivity index (χ3v) is 5.00. The molecule has 3 heteroatoms. The fraction of sp³-hybridized carbons (Fsp3) is 0.421.